The third kappa shape index (κ3) is 8.32. The molecule has 5 atom stereocenters. The SMILES string of the molecule is CC(C)(C)[Si](O[C@@H]1[C@@H](OC(=O)c2ccccc2)[C@H]([C@@H](COC(=O)c2ccccc2)OC(=O)c2ccccc2)O[C@@H]1O)(c1ccccc1)c1ccccc1. The Morgan fingerprint density at radius 1 is 0.623 bits per heavy atom. The van der Waals surface area contributed by atoms with Gasteiger partial charge in [-0.15, -0.1) is 0 Å². The summed E-state index contributed by atoms with van der Waals surface area (Å²) in [5.41, 5.74) is 0.779. The largest absolute Gasteiger partial charge is 0.458 e. The van der Waals surface area contributed by atoms with E-state index in [9.17, 15) is 19.5 Å². The summed E-state index contributed by atoms with van der Waals surface area (Å²) in [6.07, 6.45) is -6.90. The van der Waals surface area contributed by atoms with Crippen molar-refractivity contribution in [3.8, 4) is 0 Å². The number of aliphatic hydroxyl groups excluding tert-OH is 1. The molecule has 1 saturated heterocycles. The van der Waals surface area contributed by atoms with Crippen molar-refractivity contribution in [1.82, 2.24) is 0 Å². The standard InChI is InChI=1S/C43H42O9Si/c1-43(2,3)53(33-25-15-7-16-26-33,34-27-17-8-18-28-34)52-38-37(51-41(46)32-23-13-6-14-24-32)36(50-42(38)47)35(49-40(45)31-21-11-5-12-22-31)29-48-39(44)30-19-9-4-10-20-30/h4-28,35-38,42,47H,29H2,1-3H3/t35-,36+,37+,38-,42+/m1/s1. The summed E-state index contributed by atoms with van der Waals surface area (Å²) in [6, 6.07) is 44.7. The predicted octanol–water partition coefficient (Wildman–Crippen LogP) is 5.96. The third-order valence-electron chi connectivity index (χ3n) is 9.23. The molecule has 10 heteroatoms. The van der Waals surface area contributed by atoms with Crippen molar-refractivity contribution >= 4 is 36.6 Å². The fourth-order valence-corrected chi connectivity index (χ4v) is 11.3. The van der Waals surface area contributed by atoms with Gasteiger partial charge < -0.3 is 28.5 Å². The maximum Gasteiger partial charge on any atom is 0.338 e. The molecule has 0 saturated carbocycles. The van der Waals surface area contributed by atoms with E-state index in [4.69, 9.17) is 23.4 Å². The van der Waals surface area contributed by atoms with Crippen molar-refractivity contribution in [3.05, 3.63) is 168 Å². The minimum absolute atomic E-state index is 0.239. The molecule has 0 unspecified atom stereocenters. The van der Waals surface area contributed by atoms with Crippen LogP contribution in [-0.4, -0.2) is 68.6 Å². The molecule has 0 spiro atoms. The molecule has 53 heavy (non-hydrogen) atoms. The second kappa shape index (κ2) is 16.5. The van der Waals surface area contributed by atoms with Gasteiger partial charge >= 0.3 is 17.9 Å². The summed E-state index contributed by atoms with van der Waals surface area (Å²) in [5, 5.41) is 13.2. The van der Waals surface area contributed by atoms with E-state index in [2.05, 4.69) is 20.8 Å². The average molecular weight is 731 g/mol. The zero-order valence-corrected chi connectivity index (χ0v) is 30.7. The average Bonchev–Trinajstić information content (AvgIpc) is 3.49. The van der Waals surface area contributed by atoms with Crippen molar-refractivity contribution in [2.24, 2.45) is 0 Å². The van der Waals surface area contributed by atoms with Crippen LogP contribution >= 0.6 is 0 Å². The van der Waals surface area contributed by atoms with Gasteiger partial charge in [0.15, 0.2) is 18.5 Å². The number of aliphatic hydroxyl groups is 1. The number of benzene rings is 5. The van der Waals surface area contributed by atoms with Crippen LogP contribution in [0.2, 0.25) is 5.04 Å². The normalized spacial score (nSPS) is 19.2. The van der Waals surface area contributed by atoms with E-state index < -0.39 is 68.6 Å². The van der Waals surface area contributed by atoms with E-state index in [0.717, 1.165) is 10.4 Å². The van der Waals surface area contributed by atoms with Crippen LogP contribution < -0.4 is 10.4 Å². The molecule has 0 aromatic heterocycles. The summed E-state index contributed by atoms with van der Waals surface area (Å²) in [7, 11) is -3.38. The lowest BCUT2D eigenvalue weighted by Gasteiger charge is -2.45. The molecule has 0 radical (unpaired) electrons. The van der Waals surface area contributed by atoms with Crippen LogP contribution in [0.15, 0.2) is 152 Å². The highest BCUT2D eigenvalue weighted by molar-refractivity contribution is 6.99. The van der Waals surface area contributed by atoms with Gasteiger partial charge in [0.25, 0.3) is 8.32 Å². The zero-order valence-electron chi connectivity index (χ0n) is 29.7. The van der Waals surface area contributed by atoms with Gasteiger partial charge in [-0.05, 0) is 51.8 Å². The van der Waals surface area contributed by atoms with Gasteiger partial charge in [0, 0.05) is 0 Å². The first kappa shape index (κ1) is 37.4. The number of ether oxygens (including phenoxy) is 4. The first-order valence-corrected chi connectivity index (χ1v) is 19.4. The molecule has 5 aromatic carbocycles. The van der Waals surface area contributed by atoms with Crippen molar-refractivity contribution < 1.29 is 42.9 Å². The van der Waals surface area contributed by atoms with Gasteiger partial charge in [-0.3, -0.25) is 0 Å². The summed E-state index contributed by atoms with van der Waals surface area (Å²) < 4.78 is 31.4. The van der Waals surface area contributed by atoms with E-state index in [-0.39, 0.29) is 16.7 Å². The Morgan fingerprint density at radius 2 is 1.04 bits per heavy atom. The lowest BCUT2D eigenvalue weighted by molar-refractivity contribution is -0.150. The maximum atomic E-state index is 13.8. The smallest absolute Gasteiger partial charge is 0.338 e. The molecule has 0 amide bonds. The molecular formula is C43H42O9Si. The number of hydrogen-bond donors (Lipinski definition) is 1. The molecule has 0 bridgehead atoms. The van der Waals surface area contributed by atoms with E-state index in [1.54, 1.807) is 91.0 Å². The van der Waals surface area contributed by atoms with Gasteiger partial charge in [0.2, 0.25) is 0 Å². The molecule has 0 aliphatic carbocycles. The van der Waals surface area contributed by atoms with Gasteiger partial charge in [-0.1, -0.05) is 136 Å². The van der Waals surface area contributed by atoms with Gasteiger partial charge in [-0.25, -0.2) is 14.4 Å². The van der Waals surface area contributed by atoms with Gasteiger partial charge in [0.1, 0.15) is 18.8 Å². The van der Waals surface area contributed by atoms with Crippen LogP contribution in [0.4, 0.5) is 0 Å². The fraction of sp³-hybridized carbons (Fsp3) is 0.233. The first-order chi connectivity index (χ1) is 25.6. The Hall–Kier alpha value is -5.39. The van der Waals surface area contributed by atoms with E-state index in [1.165, 1.54) is 0 Å². The molecule has 1 heterocycles. The monoisotopic (exact) mass is 730 g/mol. The van der Waals surface area contributed by atoms with Crippen LogP contribution in [0.1, 0.15) is 51.8 Å². The molecule has 1 aliphatic rings. The lowest BCUT2D eigenvalue weighted by atomic mass is 10.1. The predicted molar refractivity (Wildman–Crippen MR) is 201 cm³/mol. The number of carbonyl (C=O) groups excluding carboxylic acids is 3. The molecule has 9 nitrogen and oxygen atoms in total. The number of esters is 3. The molecule has 272 valence electrons. The molecule has 1 N–H and O–H groups in total. The molecule has 1 fully saturated rings. The summed E-state index contributed by atoms with van der Waals surface area (Å²) in [5.74, 6) is -2.10. The van der Waals surface area contributed by atoms with Crippen molar-refractivity contribution in [3.63, 3.8) is 0 Å². The molecule has 1 aliphatic heterocycles. The summed E-state index contributed by atoms with van der Waals surface area (Å²) in [4.78, 5) is 40.5. The van der Waals surface area contributed by atoms with Crippen LogP contribution in [-0.2, 0) is 23.4 Å². The zero-order chi connectivity index (χ0) is 37.4. The number of hydrogen-bond acceptors (Lipinski definition) is 9. The lowest BCUT2D eigenvalue weighted by Crippen LogP contribution is -2.69. The Balaban J connectivity index is 1.43. The first-order valence-electron chi connectivity index (χ1n) is 17.4. The highest BCUT2D eigenvalue weighted by atomic mass is 28.4. The highest BCUT2D eigenvalue weighted by Crippen LogP contribution is 2.41. The second-order valence-corrected chi connectivity index (χ2v) is 18.0. The second-order valence-electron chi connectivity index (χ2n) is 13.7. The van der Waals surface area contributed by atoms with E-state index in [0.29, 0.717) is 0 Å². The highest BCUT2D eigenvalue weighted by Gasteiger charge is 2.59. The number of carbonyl (C=O) groups is 3. The van der Waals surface area contributed by atoms with Gasteiger partial charge in [0.05, 0.1) is 16.7 Å². The van der Waals surface area contributed by atoms with Crippen LogP contribution in [0.25, 0.3) is 0 Å². The van der Waals surface area contributed by atoms with Gasteiger partial charge in [-0.2, -0.15) is 0 Å². The fourth-order valence-electron chi connectivity index (χ4n) is 6.68. The topological polar surface area (TPSA) is 118 Å². The van der Waals surface area contributed by atoms with Crippen LogP contribution in [0, 0.1) is 0 Å². The molecule has 5 aromatic rings. The Morgan fingerprint density at radius 3 is 1.49 bits per heavy atom. The van der Waals surface area contributed by atoms with Crippen molar-refractivity contribution in [1.29, 1.82) is 0 Å². The van der Waals surface area contributed by atoms with Crippen LogP contribution in [0.3, 0.4) is 0 Å². The summed E-state index contributed by atoms with van der Waals surface area (Å²) >= 11 is 0. The van der Waals surface area contributed by atoms with E-state index in [1.807, 2.05) is 60.7 Å². The maximum absolute atomic E-state index is 13.8. The quantitative estimate of drug-likeness (QED) is 0.0944. The summed E-state index contributed by atoms with van der Waals surface area (Å²) in [6.45, 7) is 5.76. The molecular weight excluding hydrogens is 689 g/mol. The Bertz CT molecular complexity index is 1910. The number of rotatable bonds is 12. The molecule has 6 rings (SSSR count). The Kier molecular flexibility index (Phi) is 11.6. The third-order valence-corrected chi connectivity index (χ3v) is 14.3. The van der Waals surface area contributed by atoms with E-state index >= 15 is 0 Å². The van der Waals surface area contributed by atoms with Crippen molar-refractivity contribution in [2.75, 3.05) is 6.61 Å². The minimum Gasteiger partial charge on any atom is -0.458 e. The van der Waals surface area contributed by atoms with Crippen molar-refractivity contribution in [2.45, 2.75) is 56.5 Å². The Labute approximate surface area is 310 Å². The minimum atomic E-state index is -3.38. The van der Waals surface area contributed by atoms with Crippen LogP contribution in [0.5, 0.6) is 0 Å².